The molecule has 174 valence electrons. The molecule has 3 rings (SSSR count). The molecule has 0 aliphatic carbocycles. The van der Waals surface area contributed by atoms with Crippen LogP contribution in [0.25, 0.3) is 0 Å². The number of carbonyl (C=O) groups excluding carboxylic acids is 3. The highest BCUT2D eigenvalue weighted by atomic mass is 19.1. The van der Waals surface area contributed by atoms with Gasteiger partial charge in [-0.2, -0.15) is 5.10 Å². The van der Waals surface area contributed by atoms with E-state index < -0.39 is 17.6 Å². The van der Waals surface area contributed by atoms with E-state index >= 15 is 0 Å². The number of ether oxygens (including phenoxy) is 2. The van der Waals surface area contributed by atoms with E-state index in [4.69, 9.17) is 9.47 Å². The van der Waals surface area contributed by atoms with E-state index in [0.717, 1.165) is 12.1 Å². The lowest BCUT2D eigenvalue weighted by Crippen LogP contribution is -2.32. The van der Waals surface area contributed by atoms with Gasteiger partial charge in [0.25, 0.3) is 5.91 Å². The molecule has 0 unspecified atom stereocenters. The SMILES string of the molecule is COc1cccc(NC(=O)COc2ccc(/C=N\NC(=O)C(=O)Nc3ccc(F)cc3)cc2)c1. The van der Waals surface area contributed by atoms with Crippen LogP contribution < -0.4 is 25.5 Å². The molecule has 9 nitrogen and oxygen atoms in total. The molecule has 3 aromatic carbocycles. The number of methoxy groups -OCH3 is 1. The van der Waals surface area contributed by atoms with Crippen molar-refractivity contribution >= 4 is 35.3 Å². The Morgan fingerprint density at radius 3 is 2.32 bits per heavy atom. The molecule has 0 fully saturated rings. The van der Waals surface area contributed by atoms with Gasteiger partial charge in [0.2, 0.25) is 0 Å². The van der Waals surface area contributed by atoms with Crippen LogP contribution in [0.3, 0.4) is 0 Å². The topological polar surface area (TPSA) is 118 Å². The molecule has 0 saturated heterocycles. The molecule has 10 heteroatoms. The van der Waals surface area contributed by atoms with Gasteiger partial charge in [-0.1, -0.05) is 6.07 Å². The number of carbonyl (C=O) groups is 3. The number of hydrogen-bond donors (Lipinski definition) is 3. The van der Waals surface area contributed by atoms with Gasteiger partial charge < -0.3 is 20.1 Å². The fourth-order valence-corrected chi connectivity index (χ4v) is 2.63. The first kappa shape index (κ1) is 23.9. The first-order valence-electron chi connectivity index (χ1n) is 9.99. The van der Waals surface area contributed by atoms with Crippen molar-refractivity contribution in [2.45, 2.75) is 0 Å². The molecule has 0 radical (unpaired) electrons. The van der Waals surface area contributed by atoms with Crippen LogP contribution in [-0.2, 0) is 14.4 Å². The first-order chi connectivity index (χ1) is 16.4. The zero-order chi connectivity index (χ0) is 24.3. The molecule has 34 heavy (non-hydrogen) atoms. The normalized spacial score (nSPS) is 10.4. The van der Waals surface area contributed by atoms with E-state index in [-0.39, 0.29) is 18.2 Å². The minimum Gasteiger partial charge on any atom is -0.497 e. The Hall–Kier alpha value is -4.73. The van der Waals surface area contributed by atoms with Crippen molar-refractivity contribution in [2.24, 2.45) is 5.10 Å². The van der Waals surface area contributed by atoms with Crippen LogP contribution in [0.2, 0.25) is 0 Å². The van der Waals surface area contributed by atoms with Gasteiger partial charge in [0, 0.05) is 17.4 Å². The second kappa shape index (κ2) is 11.8. The molecule has 0 aromatic heterocycles. The smallest absolute Gasteiger partial charge is 0.329 e. The Balaban J connectivity index is 1.42. The highest BCUT2D eigenvalue weighted by Crippen LogP contribution is 2.17. The maximum Gasteiger partial charge on any atom is 0.329 e. The lowest BCUT2D eigenvalue weighted by Gasteiger charge is -2.08. The molecule has 0 aliphatic rings. The first-order valence-corrected chi connectivity index (χ1v) is 9.99. The summed E-state index contributed by atoms with van der Waals surface area (Å²) in [6.07, 6.45) is 1.34. The molecule has 0 heterocycles. The number of hydrazone groups is 1. The van der Waals surface area contributed by atoms with Gasteiger partial charge in [-0.15, -0.1) is 0 Å². The van der Waals surface area contributed by atoms with Gasteiger partial charge in [0.05, 0.1) is 13.3 Å². The van der Waals surface area contributed by atoms with Crippen LogP contribution >= 0.6 is 0 Å². The molecule has 3 N–H and O–H groups in total. The second-order valence-electron chi connectivity index (χ2n) is 6.80. The number of rotatable bonds is 8. The standard InChI is InChI=1S/C24H21FN4O5/c1-33-21-4-2-3-19(13-21)27-22(30)15-34-20-11-5-16(6-12-20)14-26-29-24(32)23(31)28-18-9-7-17(25)8-10-18/h2-14H,15H2,1H3,(H,27,30)(H,28,31)(H,29,32)/b26-14-. The van der Waals surface area contributed by atoms with Gasteiger partial charge in [0.15, 0.2) is 6.61 Å². The van der Waals surface area contributed by atoms with Crippen molar-refractivity contribution in [3.8, 4) is 11.5 Å². The molecular weight excluding hydrogens is 443 g/mol. The molecular formula is C24H21FN4O5. The van der Waals surface area contributed by atoms with E-state index in [1.807, 2.05) is 0 Å². The fourth-order valence-electron chi connectivity index (χ4n) is 2.63. The van der Waals surface area contributed by atoms with Crippen LogP contribution in [0.1, 0.15) is 5.56 Å². The van der Waals surface area contributed by atoms with E-state index in [2.05, 4.69) is 21.2 Å². The summed E-state index contributed by atoms with van der Waals surface area (Å²) in [6.45, 7) is -0.191. The van der Waals surface area contributed by atoms with Crippen molar-refractivity contribution < 1.29 is 28.2 Å². The monoisotopic (exact) mass is 464 g/mol. The number of amides is 3. The van der Waals surface area contributed by atoms with E-state index in [1.54, 1.807) is 55.6 Å². The number of nitrogens with one attached hydrogen (secondary N) is 3. The zero-order valence-corrected chi connectivity index (χ0v) is 18.1. The number of halogens is 1. The molecule has 0 aliphatic heterocycles. The maximum atomic E-state index is 12.9. The Kier molecular flexibility index (Phi) is 8.28. The fraction of sp³-hybridized carbons (Fsp3) is 0.0833. The largest absolute Gasteiger partial charge is 0.497 e. The molecule has 3 amide bonds. The van der Waals surface area contributed by atoms with Crippen LogP contribution in [0.15, 0.2) is 77.9 Å². The number of nitrogens with zero attached hydrogens (tertiary/aromatic N) is 1. The number of anilines is 2. The number of benzene rings is 3. The van der Waals surface area contributed by atoms with Crippen molar-refractivity contribution in [1.82, 2.24) is 5.43 Å². The van der Waals surface area contributed by atoms with Crippen LogP contribution in [0.4, 0.5) is 15.8 Å². The predicted octanol–water partition coefficient (Wildman–Crippen LogP) is 2.94. The van der Waals surface area contributed by atoms with Gasteiger partial charge in [-0.05, 0) is 66.2 Å². The summed E-state index contributed by atoms with van der Waals surface area (Å²) in [6, 6.07) is 18.5. The summed E-state index contributed by atoms with van der Waals surface area (Å²) in [7, 11) is 1.54. The van der Waals surface area contributed by atoms with Gasteiger partial charge in [0.1, 0.15) is 17.3 Å². The summed E-state index contributed by atoms with van der Waals surface area (Å²) in [5.41, 5.74) is 3.58. The van der Waals surface area contributed by atoms with Crippen LogP contribution in [-0.4, -0.2) is 37.7 Å². The molecule has 0 atom stereocenters. The van der Waals surface area contributed by atoms with Gasteiger partial charge in [-0.3, -0.25) is 14.4 Å². The Morgan fingerprint density at radius 2 is 1.62 bits per heavy atom. The quantitative estimate of drug-likeness (QED) is 0.269. The van der Waals surface area contributed by atoms with Crippen molar-refractivity contribution in [1.29, 1.82) is 0 Å². The van der Waals surface area contributed by atoms with Gasteiger partial charge >= 0.3 is 11.8 Å². The van der Waals surface area contributed by atoms with Crippen LogP contribution in [0.5, 0.6) is 11.5 Å². The molecule has 0 bridgehead atoms. The molecule has 3 aromatic rings. The highest BCUT2D eigenvalue weighted by molar-refractivity contribution is 6.39. The minimum atomic E-state index is -0.984. The highest BCUT2D eigenvalue weighted by Gasteiger charge is 2.12. The summed E-state index contributed by atoms with van der Waals surface area (Å²) < 4.78 is 23.4. The Morgan fingerprint density at radius 1 is 0.882 bits per heavy atom. The van der Waals surface area contributed by atoms with E-state index in [1.165, 1.54) is 18.3 Å². The minimum absolute atomic E-state index is 0.191. The summed E-state index contributed by atoms with van der Waals surface area (Å²) in [4.78, 5) is 35.7. The second-order valence-corrected chi connectivity index (χ2v) is 6.80. The third kappa shape index (κ3) is 7.45. The lowest BCUT2D eigenvalue weighted by molar-refractivity contribution is -0.136. The summed E-state index contributed by atoms with van der Waals surface area (Å²) >= 11 is 0. The van der Waals surface area contributed by atoms with E-state index in [0.29, 0.717) is 22.7 Å². The van der Waals surface area contributed by atoms with Crippen LogP contribution in [0, 0.1) is 5.82 Å². The van der Waals surface area contributed by atoms with Crippen molar-refractivity contribution in [2.75, 3.05) is 24.4 Å². The Bertz CT molecular complexity index is 1180. The lowest BCUT2D eigenvalue weighted by atomic mass is 10.2. The average Bonchev–Trinajstić information content (AvgIpc) is 2.85. The molecule has 0 spiro atoms. The summed E-state index contributed by atoms with van der Waals surface area (Å²) in [5, 5.41) is 8.75. The molecule has 0 saturated carbocycles. The number of hydrogen-bond acceptors (Lipinski definition) is 6. The average molecular weight is 464 g/mol. The van der Waals surface area contributed by atoms with E-state index in [9.17, 15) is 18.8 Å². The zero-order valence-electron chi connectivity index (χ0n) is 18.1. The Labute approximate surface area is 194 Å². The third-order valence-corrected chi connectivity index (χ3v) is 4.29. The van der Waals surface area contributed by atoms with Crippen molar-refractivity contribution in [3.05, 3.63) is 84.2 Å². The van der Waals surface area contributed by atoms with Crippen molar-refractivity contribution in [3.63, 3.8) is 0 Å². The predicted molar refractivity (Wildman–Crippen MR) is 124 cm³/mol. The third-order valence-electron chi connectivity index (χ3n) is 4.29. The maximum absolute atomic E-state index is 12.9. The van der Waals surface area contributed by atoms with Gasteiger partial charge in [-0.25, -0.2) is 9.82 Å². The summed E-state index contributed by atoms with van der Waals surface area (Å²) in [5.74, 6) is -1.64.